The quantitative estimate of drug-likeness (QED) is 0.281. The molecule has 0 aliphatic carbocycles. The number of halogens is 3. The lowest BCUT2D eigenvalue weighted by molar-refractivity contribution is -0.192. The molecule has 2 aromatic carbocycles. The Kier molecular flexibility index (Phi) is 7.67. The highest BCUT2D eigenvalue weighted by molar-refractivity contribution is 7.13. The van der Waals surface area contributed by atoms with E-state index in [9.17, 15) is 18.0 Å². The van der Waals surface area contributed by atoms with Gasteiger partial charge in [0, 0.05) is 22.7 Å². The van der Waals surface area contributed by atoms with Gasteiger partial charge in [0.2, 0.25) is 0 Å². The summed E-state index contributed by atoms with van der Waals surface area (Å²) in [7, 11) is 1.64. The van der Waals surface area contributed by atoms with E-state index in [1.165, 1.54) is 11.3 Å². The van der Waals surface area contributed by atoms with Crippen molar-refractivity contribution in [3.63, 3.8) is 0 Å². The van der Waals surface area contributed by atoms with Gasteiger partial charge >= 0.3 is 12.1 Å². The smallest absolute Gasteiger partial charge is 0.490 e. The summed E-state index contributed by atoms with van der Waals surface area (Å²) < 4.78 is 42.4. The van der Waals surface area contributed by atoms with Crippen LogP contribution in [0.3, 0.4) is 0 Å². The number of fused-ring (bicyclic) bond motifs is 1. The number of thiazole rings is 1. The van der Waals surface area contributed by atoms with Crippen molar-refractivity contribution >= 4 is 39.9 Å². The SMILES string of the molecule is COc1ccc(-c2nc(-c3noc4ccc(C(=O)Nc5cccnc5)cc34)cs2)cc1.O=C(O)C(F)(F)F. The second-order valence-electron chi connectivity index (χ2n) is 7.51. The number of alkyl halides is 3. The molecule has 194 valence electrons. The van der Waals surface area contributed by atoms with Gasteiger partial charge in [-0.2, -0.15) is 13.2 Å². The van der Waals surface area contributed by atoms with Crippen LogP contribution in [0.2, 0.25) is 0 Å². The first-order chi connectivity index (χ1) is 18.2. The maximum atomic E-state index is 12.7. The molecular weight excluding hydrogens is 525 g/mol. The Morgan fingerprint density at radius 1 is 1.11 bits per heavy atom. The fraction of sp³-hybridized carbons (Fsp3) is 0.0800. The van der Waals surface area contributed by atoms with E-state index in [0.717, 1.165) is 21.7 Å². The number of aromatic nitrogens is 3. The second kappa shape index (κ2) is 11.1. The molecule has 13 heteroatoms. The molecule has 0 saturated heterocycles. The van der Waals surface area contributed by atoms with Gasteiger partial charge in [-0.15, -0.1) is 11.3 Å². The van der Waals surface area contributed by atoms with Crippen LogP contribution in [-0.4, -0.2) is 45.4 Å². The fourth-order valence-electron chi connectivity index (χ4n) is 3.15. The number of carbonyl (C=O) groups is 2. The Balaban J connectivity index is 0.000000426. The third kappa shape index (κ3) is 6.13. The van der Waals surface area contributed by atoms with E-state index in [1.807, 2.05) is 29.6 Å². The summed E-state index contributed by atoms with van der Waals surface area (Å²) in [6, 6.07) is 16.5. The number of hydrogen-bond donors (Lipinski definition) is 2. The Hall–Kier alpha value is -4.78. The summed E-state index contributed by atoms with van der Waals surface area (Å²) in [4.78, 5) is 30.3. The van der Waals surface area contributed by atoms with Crippen LogP contribution in [0, 0.1) is 0 Å². The zero-order valence-electron chi connectivity index (χ0n) is 19.4. The first-order valence-corrected chi connectivity index (χ1v) is 11.5. The van der Waals surface area contributed by atoms with Gasteiger partial charge < -0.3 is 19.7 Å². The van der Waals surface area contributed by atoms with Crippen LogP contribution in [0.4, 0.5) is 18.9 Å². The number of nitrogens with one attached hydrogen (secondary N) is 1. The molecule has 1 amide bonds. The first-order valence-electron chi connectivity index (χ1n) is 10.7. The number of nitrogens with zero attached hydrogens (tertiary/aromatic N) is 3. The summed E-state index contributed by atoms with van der Waals surface area (Å²) in [5.41, 5.74) is 3.99. The minimum Gasteiger partial charge on any atom is -0.497 e. The normalized spacial score (nSPS) is 10.9. The Morgan fingerprint density at radius 3 is 2.47 bits per heavy atom. The van der Waals surface area contributed by atoms with E-state index in [4.69, 9.17) is 24.1 Å². The van der Waals surface area contributed by atoms with E-state index >= 15 is 0 Å². The lowest BCUT2D eigenvalue weighted by atomic mass is 10.1. The average Bonchev–Trinajstić information content (AvgIpc) is 3.56. The van der Waals surface area contributed by atoms with Crippen LogP contribution < -0.4 is 10.1 Å². The minimum absolute atomic E-state index is 0.237. The molecule has 0 fully saturated rings. The van der Waals surface area contributed by atoms with Gasteiger partial charge in [0.05, 0.1) is 24.4 Å². The average molecular weight is 542 g/mol. The predicted molar refractivity (Wildman–Crippen MR) is 133 cm³/mol. The minimum atomic E-state index is -5.08. The summed E-state index contributed by atoms with van der Waals surface area (Å²) in [5.74, 6) is -2.20. The van der Waals surface area contributed by atoms with Gasteiger partial charge in [-0.3, -0.25) is 9.78 Å². The van der Waals surface area contributed by atoms with Crippen molar-refractivity contribution in [1.82, 2.24) is 15.1 Å². The topological polar surface area (TPSA) is 127 Å². The first kappa shape index (κ1) is 26.3. The van der Waals surface area contributed by atoms with Crippen LogP contribution in [0.25, 0.3) is 32.9 Å². The maximum absolute atomic E-state index is 12.7. The summed E-state index contributed by atoms with van der Waals surface area (Å²) in [6.07, 6.45) is -1.84. The molecule has 0 radical (unpaired) electrons. The Morgan fingerprint density at radius 2 is 1.84 bits per heavy atom. The number of benzene rings is 2. The molecule has 2 N–H and O–H groups in total. The van der Waals surface area contributed by atoms with Gasteiger partial charge in [-0.1, -0.05) is 5.16 Å². The van der Waals surface area contributed by atoms with Crippen molar-refractivity contribution in [2.24, 2.45) is 0 Å². The van der Waals surface area contributed by atoms with Crippen molar-refractivity contribution < 1.29 is 37.1 Å². The standard InChI is InChI=1S/C23H16N4O3S.C2HF3O2/c1-29-17-7-4-14(5-8-17)23-26-19(13-31-23)21-18-11-15(6-9-20(18)30-27-21)22(28)25-16-3-2-10-24-12-16;3-2(4,5)1(6)7/h2-13H,1H3,(H,25,28);(H,6,7). The third-order valence-electron chi connectivity index (χ3n) is 4.98. The van der Waals surface area contributed by atoms with Crippen molar-refractivity contribution in [1.29, 1.82) is 0 Å². The molecule has 5 rings (SSSR count). The summed E-state index contributed by atoms with van der Waals surface area (Å²) in [6.45, 7) is 0. The number of methoxy groups -OCH3 is 1. The summed E-state index contributed by atoms with van der Waals surface area (Å²) >= 11 is 1.52. The van der Waals surface area contributed by atoms with Crippen LogP contribution >= 0.6 is 11.3 Å². The molecule has 0 bridgehead atoms. The van der Waals surface area contributed by atoms with Crippen LogP contribution in [0.5, 0.6) is 5.75 Å². The number of rotatable bonds is 5. The van der Waals surface area contributed by atoms with E-state index in [2.05, 4.69) is 15.5 Å². The van der Waals surface area contributed by atoms with Crippen molar-refractivity contribution in [2.45, 2.75) is 6.18 Å². The van der Waals surface area contributed by atoms with Gasteiger partial charge in [-0.05, 0) is 54.6 Å². The van der Waals surface area contributed by atoms with Crippen molar-refractivity contribution in [3.05, 3.63) is 77.9 Å². The number of hydrogen-bond acceptors (Lipinski definition) is 8. The van der Waals surface area contributed by atoms with Gasteiger partial charge in [0.25, 0.3) is 5.91 Å². The molecule has 5 aromatic rings. The van der Waals surface area contributed by atoms with E-state index in [1.54, 1.807) is 49.8 Å². The Labute approximate surface area is 216 Å². The van der Waals surface area contributed by atoms with Gasteiger partial charge in [0.15, 0.2) is 5.58 Å². The molecule has 0 unspecified atom stereocenters. The zero-order chi connectivity index (χ0) is 27.3. The number of aliphatic carboxylic acids is 1. The van der Waals surface area contributed by atoms with Crippen LogP contribution in [0.15, 0.2) is 76.9 Å². The maximum Gasteiger partial charge on any atom is 0.490 e. The molecule has 3 heterocycles. The third-order valence-corrected chi connectivity index (χ3v) is 5.87. The molecule has 0 saturated carbocycles. The molecule has 3 aromatic heterocycles. The van der Waals surface area contributed by atoms with Crippen molar-refractivity contribution in [2.75, 3.05) is 12.4 Å². The fourth-order valence-corrected chi connectivity index (χ4v) is 3.96. The Bertz CT molecular complexity index is 1570. The number of carbonyl (C=O) groups excluding carboxylic acids is 1. The van der Waals surface area contributed by atoms with Crippen molar-refractivity contribution in [3.8, 4) is 27.7 Å². The van der Waals surface area contributed by atoms with Gasteiger partial charge in [-0.25, -0.2) is 9.78 Å². The molecule has 0 atom stereocenters. The molecule has 9 nitrogen and oxygen atoms in total. The largest absolute Gasteiger partial charge is 0.497 e. The number of pyridine rings is 1. The number of anilines is 1. The lowest BCUT2D eigenvalue weighted by Gasteiger charge is -2.04. The van der Waals surface area contributed by atoms with Crippen LogP contribution in [0.1, 0.15) is 10.4 Å². The lowest BCUT2D eigenvalue weighted by Crippen LogP contribution is -2.21. The predicted octanol–water partition coefficient (Wildman–Crippen LogP) is 5.91. The molecular formula is C25H17F3N4O5S. The number of carboxylic acid groups (broad SMARTS) is 1. The van der Waals surface area contributed by atoms with E-state index < -0.39 is 12.1 Å². The number of ether oxygens (including phenoxy) is 1. The van der Waals surface area contributed by atoms with Crippen LogP contribution in [-0.2, 0) is 4.79 Å². The molecule has 0 aliphatic rings. The molecule has 0 spiro atoms. The monoisotopic (exact) mass is 542 g/mol. The number of carboxylic acids is 1. The highest BCUT2D eigenvalue weighted by atomic mass is 32.1. The van der Waals surface area contributed by atoms with E-state index in [0.29, 0.717) is 28.2 Å². The van der Waals surface area contributed by atoms with E-state index in [-0.39, 0.29) is 5.91 Å². The number of amides is 1. The highest BCUT2D eigenvalue weighted by Crippen LogP contribution is 2.33. The molecule has 38 heavy (non-hydrogen) atoms. The van der Waals surface area contributed by atoms with Gasteiger partial charge in [0.1, 0.15) is 22.1 Å². The highest BCUT2D eigenvalue weighted by Gasteiger charge is 2.38. The molecule has 0 aliphatic heterocycles. The second-order valence-corrected chi connectivity index (χ2v) is 8.37. The zero-order valence-corrected chi connectivity index (χ0v) is 20.2. The summed E-state index contributed by atoms with van der Waals surface area (Å²) in [5, 5.41) is 17.7.